The average molecular weight is 408 g/mol. The Morgan fingerprint density at radius 2 is 2.20 bits per heavy atom. The van der Waals surface area contributed by atoms with Crippen molar-refractivity contribution in [1.82, 2.24) is 5.43 Å². The molecule has 1 amide bonds. The number of phenolic OH excluding ortho intramolecular Hbond substituents is 1. The molecule has 2 aromatic rings. The van der Waals surface area contributed by atoms with E-state index in [1.807, 2.05) is 0 Å². The predicted molar refractivity (Wildman–Crippen MR) is 94.9 cm³/mol. The number of ether oxygens (including phenoxy) is 1. The lowest BCUT2D eigenvalue weighted by Gasteiger charge is -2.05. The van der Waals surface area contributed by atoms with Crippen LogP contribution in [0.2, 0.25) is 0 Å². The molecule has 0 saturated heterocycles. The molecule has 0 fully saturated rings. The molecule has 0 heterocycles. The van der Waals surface area contributed by atoms with Crippen LogP contribution in [0.4, 0.5) is 5.69 Å². The number of aryl methyl sites for hydroxylation is 1. The minimum atomic E-state index is -0.552. The number of carbonyl (C=O) groups is 1. The third-order valence-electron chi connectivity index (χ3n) is 3.09. The number of nitro benzene ring substituents is 1. The SMILES string of the molecule is Cc1cc(Br)cc(/C=N\NC(=O)COc2cccc([N+](=O)[O-])c2)c1O. The molecule has 0 aliphatic rings. The predicted octanol–water partition coefficient (Wildman–Crippen LogP) is 2.90. The Labute approximate surface area is 151 Å². The van der Waals surface area contributed by atoms with E-state index >= 15 is 0 Å². The number of nitro groups is 1. The number of benzene rings is 2. The van der Waals surface area contributed by atoms with Crippen molar-refractivity contribution in [3.8, 4) is 11.5 Å². The zero-order valence-electron chi connectivity index (χ0n) is 13.1. The van der Waals surface area contributed by atoms with Crippen molar-refractivity contribution in [2.75, 3.05) is 6.61 Å². The van der Waals surface area contributed by atoms with Crippen LogP contribution in [-0.4, -0.2) is 28.8 Å². The number of carbonyl (C=O) groups excluding carboxylic acids is 1. The fourth-order valence-electron chi connectivity index (χ4n) is 1.90. The van der Waals surface area contributed by atoms with Gasteiger partial charge in [0.25, 0.3) is 11.6 Å². The Morgan fingerprint density at radius 1 is 1.44 bits per heavy atom. The van der Waals surface area contributed by atoms with Crippen LogP contribution in [0.25, 0.3) is 0 Å². The van der Waals surface area contributed by atoms with Gasteiger partial charge in [0.1, 0.15) is 11.5 Å². The Bertz CT molecular complexity index is 839. The number of hydrazone groups is 1. The summed E-state index contributed by atoms with van der Waals surface area (Å²) in [5, 5.41) is 24.3. The molecule has 0 atom stereocenters. The topological polar surface area (TPSA) is 114 Å². The van der Waals surface area contributed by atoms with E-state index in [4.69, 9.17) is 4.74 Å². The third kappa shape index (κ3) is 5.28. The molecule has 9 heteroatoms. The maximum absolute atomic E-state index is 11.7. The van der Waals surface area contributed by atoms with Crippen LogP contribution in [0.1, 0.15) is 11.1 Å². The minimum absolute atomic E-state index is 0.0639. The van der Waals surface area contributed by atoms with Crippen molar-refractivity contribution in [3.63, 3.8) is 0 Å². The van der Waals surface area contributed by atoms with Crippen molar-refractivity contribution in [3.05, 3.63) is 62.1 Å². The van der Waals surface area contributed by atoms with Crippen molar-refractivity contribution in [1.29, 1.82) is 0 Å². The first-order chi connectivity index (χ1) is 11.9. The van der Waals surface area contributed by atoms with Crippen molar-refractivity contribution in [2.24, 2.45) is 5.10 Å². The molecule has 2 N–H and O–H groups in total. The van der Waals surface area contributed by atoms with Crippen molar-refractivity contribution >= 4 is 33.7 Å². The molecule has 0 aliphatic heterocycles. The summed E-state index contributed by atoms with van der Waals surface area (Å²) in [5.74, 6) is -0.281. The number of nitrogens with zero attached hydrogens (tertiary/aromatic N) is 2. The zero-order chi connectivity index (χ0) is 18.4. The van der Waals surface area contributed by atoms with Gasteiger partial charge in [-0.15, -0.1) is 0 Å². The lowest BCUT2D eigenvalue weighted by Crippen LogP contribution is -2.24. The van der Waals surface area contributed by atoms with E-state index in [2.05, 4.69) is 26.5 Å². The molecule has 130 valence electrons. The zero-order valence-corrected chi connectivity index (χ0v) is 14.7. The molecule has 0 spiro atoms. The largest absolute Gasteiger partial charge is 0.507 e. The fourth-order valence-corrected chi connectivity index (χ4v) is 2.49. The maximum atomic E-state index is 11.7. The summed E-state index contributed by atoms with van der Waals surface area (Å²) < 4.78 is 5.94. The van der Waals surface area contributed by atoms with Gasteiger partial charge in [-0.25, -0.2) is 5.43 Å². The van der Waals surface area contributed by atoms with E-state index in [1.54, 1.807) is 19.1 Å². The molecule has 0 bridgehead atoms. The van der Waals surface area contributed by atoms with E-state index in [-0.39, 0.29) is 23.8 Å². The van der Waals surface area contributed by atoms with Gasteiger partial charge in [0.05, 0.1) is 17.2 Å². The molecule has 8 nitrogen and oxygen atoms in total. The van der Waals surface area contributed by atoms with Gasteiger partial charge >= 0.3 is 0 Å². The maximum Gasteiger partial charge on any atom is 0.277 e. The standard InChI is InChI=1S/C16H14BrN3O5/c1-10-5-12(17)6-11(16(10)22)8-18-19-15(21)9-25-14-4-2-3-13(7-14)20(23)24/h2-8,22H,9H2,1H3,(H,19,21)/b18-8-. The molecule has 2 aromatic carbocycles. The molecule has 2 rings (SSSR count). The molecule has 0 aromatic heterocycles. The van der Waals surface area contributed by atoms with E-state index in [0.717, 1.165) is 4.47 Å². The van der Waals surface area contributed by atoms with Crippen LogP contribution in [-0.2, 0) is 4.79 Å². The molecule has 0 saturated carbocycles. The van der Waals surface area contributed by atoms with Crippen LogP contribution in [0.15, 0.2) is 46.0 Å². The summed E-state index contributed by atoms with van der Waals surface area (Å²) in [6.07, 6.45) is 1.30. The van der Waals surface area contributed by atoms with Gasteiger partial charge in [-0.1, -0.05) is 22.0 Å². The van der Waals surface area contributed by atoms with Crippen LogP contribution in [0.3, 0.4) is 0 Å². The fraction of sp³-hybridized carbons (Fsp3) is 0.125. The number of hydrogen-bond donors (Lipinski definition) is 2. The number of nitrogens with one attached hydrogen (secondary N) is 1. The molecular weight excluding hydrogens is 394 g/mol. The average Bonchev–Trinajstić information content (AvgIpc) is 2.57. The highest BCUT2D eigenvalue weighted by atomic mass is 79.9. The van der Waals surface area contributed by atoms with Crippen molar-refractivity contribution < 1.29 is 19.6 Å². The second-order valence-corrected chi connectivity index (χ2v) is 5.91. The number of halogens is 1. The van der Waals surface area contributed by atoms with Gasteiger partial charge in [0.15, 0.2) is 6.61 Å². The Morgan fingerprint density at radius 3 is 2.92 bits per heavy atom. The second-order valence-electron chi connectivity index (χ2n) is 5.00. The molecule has 25 heavy (non-hydrogen) atoms. The highest BCUT2D eigenvalue weighted by Gasteiger charge is 2.08. The van der Waals surface area contributed by atoms with E-state index < -0.39 is 10.8 Å². The number of phenols is 1. The normalized spacial score (nSPS) is 10.6. The first-order valence-corrected chi connectivity index (χ1v) is 7.84. The molecular formula is C16H14BrN3O5. The van der Waals surface area contributed by atoms with Crippen LogP contribution < -0.4 is 10.2 Å². The van der Waals surface area contributed by atoms with Crippen LogP contribution >= 0.6 is 15.9 Å². The van der Waals surface area contributed by atoms with Gasteiger partial charge in [-0.05, 0) is 30.7 Å². The van der Waals surface area contributed by atoms with Crippen LogP contribution in [0, 0.1) is 17.0 Å². The molecule has 0 aliphatic carbocycles. The lowest BCUT2D eigenvalue weighted by molar-refractivity contribution is -0.384. The van der Waals surface area contributed by atoms with E-state index in [9.17, 15) is 20.0 Å². The number of non-ortho nitro benzene ring substituents is 1. The summed E-state index contributed by atoms with van der Waals surface area (Å²) in [4.78, 5) is 21.8. The lowest BCUT2D eigenvalue weighted by atomic mass is 10.1. The van der Waals surface area contributed by atoms with Gasteiger partial charge < -0.3 is 9.84 Å². The second kappa shape index (κ2) is 8.25. The number of aromatic hydroxyl groups is 1. The molecule has 0 radical (unpaired) electrons. The van der Waals surface area contributed by atoms with Crippen molar-refractivity contribution in [2.45, 2.75) is 6.92 Å². The smallest absolute Gasteiger partial charge is 0.277 e. The first-order valence-electron chi connectivity index (χ1n) is 7.05. The first kappa shape index (κ1) is 18.4. The Hall–Kier alpha value is -2.94. The number of amides is 1. The van der Waals surface area contributed by atoms with Gasteiger partial charge in [0.2, 0.25) is 0 Å². The Balaban J connectivity index is 1.91. The Kier molecular flexibility index (Phi) is 6.07. The number of rotatable bonds is 6. The summed E-state index contributed by atoms with van der Waals surface area (Å²) in [6.45, 7) is 1.38. The summed E-state index contributed by atoms with van der Waals surface area (Å²) in [7, 11) is 0. The van der Waals surface area contributed by atoms with E-state index in [1.165, 1.54) is 30.5 Å². The molecule has 0 unspecified atom stereocenters. The third-order valence-corrected chi connectivity index (χ3v) is 3.54. The summed E-state index contributed by atoms with van der Waals surface area (Å²) in [5.41, 5.74) is 3.22. The van der Waals surface area contributed by atoms with E-state index in [0.29, 0.717) is 11.1 Å². The number of hydrogen-bond acceptors (Lipinski definition) is 6. The quantitative estimate of drug-likeness (QED) is 0.434. The minimum Gasteiger partial charge on any atom is -0.507 e. The van der Waals surface area contributed by atoms with Gasteiger partial charge in [-0.2, -0.15) is 5.10 Å². The summed E-state index contributed by atoms with van der Waals surface area (Å²) >= 11 is 3.31. The highest BCUT2D eigenvalue weighted by molar-refractivity contribution is 9.10. The monoisotopic (exact) mass is 407 g/mol. The summed E-state index contributed by atoms with van der Waals surface area (Å²) in [6, 6.07) is 8.91. The van der Waals surface area contributed by atoms with Gasteiger partial charge in [0, 0.05) is 16.1 Å². The van der Waals surface area contributed by atoms with Gasteiger partial charge in [-0.3, -0.25) is 14.9 Å². The highest BCUT2D eigenvalue weighted by Crippen LogP contribution is 2.25. The van der Waals surface area contributed by atoms with Crippen LogP contribution in [0.5, 0.6) is 11.5 Å².